The van der Waals surface area contributed by atoms with Crippen LogP contribution >= 0.6 is 12.4 Å². The van der Waals surface area contributed by atoms with Crippen molar-refractivity contribution >= 4 is 24.2 Å². The minimum atomic E-state index is -0.154. The molecular weight excluding hydrogens is 354 g/mol. The van der Waals surface area contributed by atoms with Crippen molar-refractivity contribution in [3.05, 3.63) is 35.4 Å². The molecule has 7 heteroatoms. The fourth-order valence-electron chi connectivity index (χ4n) is 3.15. The van der Waals surface area contributed by atoms with Gasteiger partial charge in [-0.2, -0.15) is 0 Å². The quantitative estimate of drug-likeness (QED) is 0.641. The fraction of sp³-hybridized carbons (Fsp3) is 0.579. The highest BCUT2D eigenvalue weighted by atomic mass is 35.5. The summed E-state index contributed by atoms with van der Waals surface area (Å²) < 4.78 is 5.38. The Balaban J connectivity index is 0.00000338. The number of nitrogens with one attached hydrogen (secondary N) is 3. The zero-order valence-corrected chi connectivity index (χ0v) is 16.4. The lowest BCUT2D eigenvalue weighted by atomic mass is 9.79. The van der Waals surface area contributed by atoms with E-state index >= 15 is 0 Å². The Kier molecular flexibility index (Phi) is 9.62. The van der Waals surface area contributed by atoms with E-state index in [9.17, 15) is 9.59 Å². The molecule has 26 heavy (non-hydrogen) atoms. The molecule has 1 aliphatic heterocycles. The monoisotopic (exact) mass is 383 g/mol. The number of methoxy groups -OCH3 is 1. The van der Waals surface area contributed by atoms with Crippen LogP contribution in [0.4, 0.5) is 0 Å². The number of carbonyl (C=O) groups excluding carboxylic acids is 2. The van der Waals surface area contributed by atoms with E-state index in [2.05, 4.69) is 16.0 Å². The van der Waals surface area contributed by atoms with E-state index in [1.165, 1.54) is 0 Å². The normalized spacial score (nSPS) is 15.6. The first-order valence-corrected chi connectivity index (χ1v) is 8.96. The molecule has 1 aromatic carbocycles. The Morgan fingerprint density at radius 2 is 1.77 bits per heavy atom. The van der Waals surface area contributed by atoms with Crippen molar-refractivity contribution in [1.29, 1.82) is 0 Å². The average Bonchev–Trinajstić information content (AvgIpc) is 2.65. The standard InChI is InChI=1S/C19H29N3O3.ClH/c1-3-9-21-17(23)15-5-4-6-16(12-15)18(24)22-13-19(14-25-2)7-10-20-11-8-19;/h4-6,12,20H,3,7-11,13-14H2,1-2H3,(H,21,23)(H,22,24);1H. The van der Waals surface area contributed by atoms with Gasteiger partial charge in [0, 0.05) is 36.7 Å². The summed E-state index contributed by atoms with van der Waals surface area (Å²) in [6, 6.07) is 6.84. The van der Waals surface area contributed by atoms with Gasteiger partial charge in [-0.1, -0.05) is 13.0 Å². The Bertz CT molecular complexity index is 584. The predicted molar refractivity (Wildman–Crippen MR) is 105 cm³/mol. The minimum absolute atomic E-state index is 0. The molecule has 146 valence electrons. The summed E-state index contributed by atoms with van der Waals surface area (Å²) in [7, 11) is 1.70. The van der Waals surface area contributed by atoms with Gasteiger partial charge in [0.05, 0.1) is 6.61 Å². The number of hydrogen-bond donors (Lipinski definition) is 3. The Labute approximate surface area is 161 Å². The molecule has 1 saturated heterocycles. The smallest absolute Gasteiger partial charge is 0.251 e. The molecule has 0 spiro atoms. The highest BCUT2D eigenvalue weighted by molar-refractivity contribution is 5.99. The summed E-state index contributed by atoms with van der Waals surface area (Å²) in [6.07, 6.45) is 2.82. The Morgan fingerprint density at radius 1 is 1.15 bits per heavy atom. The average molecular weight is 384 g/mol. The summed E-state index contributed by atoms with van der Waals surface area (Å²) in [5, 5.41) is 9.19. The van der Waals surface area contributed by atoms with Crippen molar-refractivity contribution < 1.29 is 14.3 Å². The Morgan fingerprint density at radius 3 is 2.35 bits per heavy atom. The van der Waals surface area contributed by atoms with Crippen LogP contribution in [0.5, 0.6) is 0 Å². The van der Waals surface area contributed by atoms with Crippen molar-refractivity contribution in [1.82, 2.24) is 16.0 Å². The first-order chi connectivity index (χ1) is 12.1. The highest BCUT2D eigenvalue weighted by Crippen LogP contribution is 2.28. The number of amides is 2. The third-order valence-electron chi connectivity index (χ3n) is 4.66. The SMILES string of the molecule is CCCNC(=O)c1cccc(C(=O)NCC2(COC)CCNCC2)c1.Cl. The topological polar surface area (TPSA) is 79.5 Å². The Hall–Kier alpha value is -1.63. The number of hydrogen-bond acceptors (Lipinski definition) is 4. The van der Waals surface area contributed by atoms with Gasteiger partial charge in [-0.25, -0.2) is 0 Å². The van der Waals surface area contributed by atoms with E-state index in [-0.39, 0.29) is 29.6 Å². The maximum absolute atomic E-state index is 12.5. The first-order valence-electron chi connectivity index (χ1n) is 8.96. The maximum Gasteiger partial charge on any atom is 0.251 e. The van der Waals surface area contributed by atoms with Gasteiger partial charge in [0.2, 0.25) is 0 Å². The van der Waals surface area contributed by atoms with E-state index in [1.54, 1.807) is 31.4 Å². The summed E-state index contributed by atoms with van der Waals surface area (Å²) >= 11 is 0. The second kappa shape index (κ2) is 11.2. The number of benzene rings is 1. The largest absolute Gasteiger partial charge is 0.384 e. The van der Waals surface area contributed by atoms with E-state index < -0.39 is 0 Å². The van der Waals surface area contributed by atoms with Crippen LogP contribution in [0.1, 0.15) is 46.9 Å². The number of piperidine rings is 1. The third kappa shape index (κ3) is 6.27. The summed E-state index contributed by atoms with van der Waals surface area (Å²) in [4.78, 5) is 24.6. The molecule has 1 aromatic rings. The number of ether oxygens (including phenoxy) is 1. The molecule has 1 fully saturated rings. The van der Waals surface area contributed by atoms with Crippen LogP contribution in [0, 0.1) is 5.41 Å². The van der Waals surface area contributed by atoms with Gasteiger partial charge in [-0.3, -0.25) is 9.59 Å². The van der Waals surface area contributed by atoms with Crippen molar-refractivity contribution in [2.24, 2.45) is 5.41 Å². The van der Waals surface area contributed by atoms with Gasteiger partial charge in [-0.05, 0) is 50.6 Å². The summed E-state index contributed by atoms with van der Waals surface area (Å²) in [6.45, 7) is 5.71. The molecule has 3 N–H and O–H groups in total. The van der Waals surface area contributed by atoms with Gasteiger partial charge in [-0.15, -0.1) is 12.4 Å². The van der Waals surface area contributed by atoms with Crippen LogP contribution in [0.15, 0.2) is 24.3 Å². The molecule has 1 aliphatic rings. The molecular formula is C19H30ClN3O3. The number of halogens is 1. The van der Waals surface area contributed by atoms with Crippen molar-refractivity contribution in [3.63, 3.8) is 0 Å². The molecule has 0 bridgehead atoms. The zero-order chi connectivity index (χ0) is 18.1. The molecule has 6 nitrogen and oxygen atoms in total. The van der Waals surface area contributed by atoms with Crippen LogP contribution in [0.2, 0.25) is 0 Å². The molecule has 2 rings (SSSR count). The summed E-state index contributed by atoms with van der Waals surface area (Å²) in [5.41, 5.74) is 0.992. The second-order valence-corrected chi connectivity index (χ2v) is 6.70. The van der Waals surface area contributed by atoms with E-state index in [1.807, 2.05) is 6.92 Å². The lowest BCUT2D eigenvalue weighted by molar-refractivity contribution is 0.0512. The molecule has 1 heterocycles. The lowest BCUT2D eigenvalue weighted by Crippen LogP contribution is -2.47. The maximum atomic E-state index is 12.5. The van der Waals surface area contributed by atoms with Crippen LogP contribution in [-0.2, 0) is 4.74 Å². The van der Waals surface area contributed by atoms with Crippen LogP contribution in [-0.4, -0.2) is 51.7 Å². The molecule has 0 atom stereocenters. The van der Waals surface area contributed by atoms with Crippen LogP contribution < -0.4 is 16.0 Å². The van der Waals surface area contributed by atoms with E-state index in [0.29, 0.717) is 30.8 Å². The summed E-state index contributed by atoms with van der Waals surface area (Å²) in [5.74, 6) is -0.301. The van der Waals surface area contributed by atoms with E-state index in [4.69, 9.17) is 4.74 Å². The highest BCUT2D eigenvalue weighted by Gasteiger charge is 2.32. The zero-order valence-electron chi connectivity index (χ0n) is 15.6. The van der Waals surface area contributed by atoms with Crippen LogP contribution in [0.25, 0.3) is 0 Å². The molecule has 0 saturated carbocycles. The first kappa shape index (κ1) is 22.4. The van der Waals surface area contributed by atoms with Gasteiger partial charge < -0.3 is 20.7 Å². The van der Waals surface area contributed by atoms with Crippen LogP contribution in [0.3, 0.4) is 0 Å². The van der Waals surface area contributed by atoms with Crippen molar-refractivity contribution in [3.8, 4) is 0 Å². The molecule has 0 radical (unpaired) electrons. The van der Waals surface area contributed by atoms with Crippen molar-refractivity contribution in [2.75, 3.05) is 39.9 Å². The molecule has 2 amide bonds. The van der Waals surface area contributed by atoms with E-state index in [0.717, 1.165) is 32.4 Å². The lowest BCUT2D eigenvalue weighted by Gasteiger charge is -2.37. The number of carbonyl (C=O) groups is 2. The molecule has 0 unspecified atom stereocenters. The minimum Gasteiger partial charge on any atom is -0.384 e. The number of rotatable bonds is 8. The third-order valence-corrected chi connectivity index (χ3v) is 4.66. The fourth-order valence-corrected chi connectivity index (χ4v) is 3.15. The molecule has 0 aliphatic carbocycles. The van der Waals surface area contributed by atoms with Crippen molar-refractivity contribution in [2.45, 2.75) is 26.2 Å². The van der Waals surface area contributed by atoms with Gasteiger partial charge in [0.25, 0.3) is 11.8 Å². The molecule has 0 aromatic heterocycles. The van der Waals surface area contributed by atoms with Gasteiger partial charge in [0.1, 0.15) is 0 Å². The van der Waals surface area contributed by atoms with Gasteiger partial charge >= 0.3 is 0 Å². The predicted octanol–water partition coefficient (Wildman–Crippen LogP) is 1.99. The second-order valence-electron chi connectivity index (χ2n) is 6.70. The van der Waals surface area contributed by atoms with Gasteiger partial charge in [0.15, 0.2) is 0 Å².